The lowest BCUT2D eigenvalue weighted by atomic mass is 10.1. The molecule has 0 amide bonds. The van der Waals surface area contributed by atoms with E-state index in [1.165, 1.54) is 0 Å². The summed E-state index contributed by atoms with van der Waals surface area (Å²) in [6.07, 6.45) is 1.000. The lowest BCUT2D eigenvalue weighted by Crippen LogP contribution is -2.13. The van der Waals surface area contributed by atoms with E-state index in [0.29, 0.717) is 18.1 Å². The Hall–Kier alpha value is -1.59. The number of hydrogen-bond donors (Lipinski definition) is 3. The highest BCUT2D eigenvalue weighted by molar-refractivity contribution is 9.10. The predicted molar refractivity (Wildman–Crippen MR) is 76.2 cm³/mol. The number of benzene rings is 1. The first kappa shape index (κ1) is 12.9. The van der Waals surface area contributed by atoms with Crippen LogP contribution in [-0.4, -0.2) is 16.6 Å². The number of nitrogens with one attached hydrogen (secondary N) is 1. The van der Waals surface area contributed by atoms with Crippen LogP contribution < -0.4 is 11.1 Å². The van der Waals surface area contributed by atoms with Gasteiger partial charge in [-0.2, -0.15) is 0 Å². The van der Waals surface area contributed by atoms with Crippen LogP contribution in [-0.2, 0) is 0 Å². The first-order valence-electron chi connectivity index (χ1n) is 5.54. The van der Waals surface area contributed by atoms with Crippen molar-refractivity contribution < 1.29 is 5.11 Å². The second kappa shape index (κ2) is 5.84. The molecule has 0 saturated heterocycles. The van der Waals surface area contributed by atoms with Crippen molar-refractivity contribution in [1.82, 2.24) is 4.98 Å². The monoisotopic (exact) mass is 307 g/mol. The molecule has 0 aliphatic carbocycles. The summed E-state index contributed by atoms with van der Waals surface area (Å²) in [7, 11) is 0. The fraction of sp³-hybridized carbons (Fsp3) is 0.154. The van der Waals surface area contributed by atoms with Gasteiger partial charge in [0.1, 0.15) is 5.82 Å². The fourth-order valence-corrected chi connectivity index (χ4v) is 2.08. The third-order valence-electron chi connectivity index (χ3n) is 2.51. The molecular formula is C13H14BrN3O. The minimum atomic E-state index is -0.572. The van der Waals surface area contributed by atoms with Gasteiger partial charge in [-0.1, -0.05) is 30.3 Å². The van der Waals surface area contributed by atoms with E-state index in [9.17, 15) is 5.11 Å². The molecule has 0 spiro atoms. The molecule has 4 N–H and O–H groups in total. The van der Waals surface area contributed by atoms with E-state index in [1.807, 2.05) is 30.3 Å². The number of nitrogens with zero attached hydrogens (tertiary/aromatic N) is 1. The minimum absolute atomic E-state index is 0.388. The number of rotatable bonds is 4. The zero-order chi connectivity index (χ0) is 13.0. The number of nitrogens with two attached hydrogens (primary N) is 1. The molecule has 0 saturated carbocycles. The lowest BCUT2D eigenvalue weighted by Gasteiger charge is -2.13. The smallest absolute Gasteiger partial charge is 0.140 e. The maximum atomic E-state index is 10.00. The van der Waals surface area contributed by atoms with Gasteiger partial charge < -0.3 is 16.2 Å². The molecule has 18 heavy (non-hydrogen) atoms. The van der Waals surface area contributed by atoms with Crippen molar-refractivity contribution >= 4 is 27.4 Å². The molecule has 1 aromatic carbocycles. The van der Waals surface area contributed by atoms with Crippen molar-refractivity contribution in [2.75, 3.05) is 17.6 Å². The predicted octanol–water partition coefficient (Wildman–Crippen LogP) is 2.57. The van der Waals surface area contributed by atoms with E-state index in [-0.39, 0.29) is 0 Å². The number of aliphatic hydroxyl groups is 1. The summed E-state index contributed by atoms with van der Waals surface area (Å²) < 4.78 is 0.780. The van der Waals surface area contributed by atoms with Crippen LogP contribution in [0.2, 0.25) is 0 Å². The number of nitrogen functional groups attached to an aromatic ring is 1. The maximum absolute atomic E-state index is 10.00. The average molecular weight is 308 g/mol. The zero-order valence-corrected chi connectivity index (χ0v) is 11.3. The summed E-state index contributed by atoms with van der Waals surface area (Å²) in [5.74, 6) is 0.666. The Kier molecular flexibility index (Phi) is 4.17. The van der Waals surface area contributed by atoms with Gasteiger partial charge in [-0.05, 0) is 27.6 Å². The van der Waals surface area contributed by atoms with Gasteiger partial charge >= 0.3 is 0 Å². The summed E-state index contributed by atoms with van der Waals surface area (Å²) in [6, 6.07) is 11.3. The van der Waals surface area contributed by atoms with Gasteiger partial charge in [0.25, 0.3) is 0 Å². The molecule has 94 valence electrons. The van der Waals surface area contributed by atoms with E-state index in [2.05, 4.69) is 26.2 Å². The van der Waals surface area contributed by atoms with E-state index in [1.54, 1.807) is 12.3 Å². The quantitative estimate of drug-likeness (QED) is 0.812. The van der Waals surface area contributed by atoms with Gasteiger partial charge in [0.15, 0.2) is 0 Å². The van der Waals surface area contributed by atoms with Gasteiger partial charge in [-0.15, -0.1) is 0 Å². The molecule has 1 aromatic heterocycles. The molecule has 0 aliphatic rings. The molecule has 1 heterocycles. The van der Waals surface area contributed by atoms with E-state index in [0.717, 1.165) is 10.0 Å². The Bertz CT molecular complexity index is 519. The van der Waals surface area contributed by atoms with Crippen LogP contribution in [0.4, 0.5) is 11.5 Å². The van der Waals surface area contributed by atoms with E-state index >= 15 is 0 Å². The van der Waals surface area contributed by atoms with Crippen LogP contribution in [0.3, 0.4) is 0 Å². The Balaban J connectivity index is 1.99. The van der Waals surface area contributed by atoms with Crippen LogP contribution in [0.25, 0.3) is 0 Å². The lowest BCUT2D eigenvalue weighted by molar-refractivity contribution is 0.191. The highest BCUT2D eigenvalue weighted by Crippen LogP contribution is 2.22. The van der Waals surface area contributed by atoms with Gasteiger partial charge in [-0.25, -0.2) is 4.98 Å². The molecule has 4 nitrogen and oxygen atoms in total. The van der Waals surface area contributed by atoms with Crippen LogP contribution in [0, 0.1) is 0 Å². The Morgan fingerprint density at radius 1 is 1.33 bits per heavy atom. The number of anilines is 2. The van der Waals surface area contributed by atoms with Crippen LogP contribution >= 0.6 is 15.9 Å². The molecule has 1 unspecified atom stereocenters. The first-order chi connectivity index (χ1) is 8.66. The standard InChI is InChI=1S/C13H14BrN3O/c14-11-6-10(15)7-16-13(11)17-8-12(18)9-4-2-1-3-5-9/h1-7,12,18H,8,15H2,(H,16,17). The molecule has 0 aliphatic heterocycles. The third-order valence-corrected chi connectivity index (χ3v) is 3.11. The topological polar surface area (TPSA) is 71.2 Å². The molecule has 2 rings (SSSR count). The van der Waals surface area contributed by atoms with Crippen molar-refractivity contribution in [3.05, 3.63) is 52.6 Å². The Labute approximate surface area is 114 Å². The molecule has 0 bridgehead atoms. The Morgan fingerprint density at radius 2 is 2.06 bits per heavy atom. The second-order valence-electron chi connectivity index (χ2n) is 3.91. The normalized spacial score (nSPS) is 12.1. The van der Waals surface area contributed by atoms with Crippen LogP contribution in [0.1, 0.15) is 11.7 Å². The second-order valence-corrected chi connectivity index (χ2v) is 4.76. The number of halogens is 1. The molecule has 1 atom stereocenters. The summed E-state index contributed by atoms with van der Waals surface area (Å²) in [6.45, 7) is 0.388. The van der Waals surface area contributed by atoms with Crippen molar-refractivity contribution in [3.63, 3.8) is 0 Å². The molecule has 0 radical (unpaired) electrons. The zero-order valence-electron chi connectivity index (χ0n) is 9.68. The Morgan fingerprint density at radius 3 is 2.72 bits per heavy atom. The van der Waals surface area contributed by atoms with Gasteiger partial charge in [0.2, 0.25) is 0 Å². The van der Waals surface area contributed by atoms with Gasteiger partial charge in [0.05, 0.1) is 22.5 Å². The molecule has 0 fully saturated rings. The third kappa shape index (κ3) is 3.21. The minimum Gasteiger partial charge on any atom is -0.397 e. The summed E-state index contributed by atoms with van der Waals surface area (Å²) in [4.78, 5) is 4.15. The first-order valence-corrected chi connectivity index (χ1v) is 6.34. The summed E-state index contributed by atoms with van der Waals surface area (Å²) in [5, 5.41) is 13.1. The maximum Gasteiger partial charge on any atom is 0.140 e. The molecular weight excluding hydrogens is 294 g/mol. The molecule has 5 heteroatoms. The number of aliphatic hydroxyl groups excluding tert-OH is 1. The number of aromatic nitrogens is 1. The van der Waals surface area contributed by atoms with Crippen molar-refractivity contribution in [2.45, 2.75) is 6.10 Å². The average Bonchev–Trinajstić information content (AvgIpc) is 2.38. The van der Waals surface area contributed by atoms with Crippen LogP contribution in [0.15, 0.2) is 47.1 Å². The number of hydrogen-bond acceptors (Lipinski definition) is 4. The molecule has 2 aromatic rings. The van der Waals surface area contributed by atoms with E-state index < -0.39 is 6.10 Å². The highest BCUT2D eigenvalue weighted by atomic mass is 79.9. The van der Waals surface area contributed by atoms with Gasteiger partial charge in [0, 0.05) is 6.54 Å². The number of pyridine rings is 1. The van der Waals surface area contributed by atoms with Crippen molar-refractivity contribution in [3.8, 4) is 0 Å². The van der Waals surface area contributed by atoms with Crippen molar-refractivity contribution in [2.24, 2.45) is 0 Å². The van der Waals surface area contributed by atoms with E-state index in [4.69, 9.17) is 5.73 Å². The largest absolute Gasteiger partial charge is 0.397 e. The summed E-state index contributed by atoms with van der Waals surface area (Å²) >= 11 is 3.37. The highest BCUT2D eigenvalue weighted by Gasteiger charge is 2.08. The van der Waals surface area contributed by atoms with Crippen molar-refractivity contribution in [1.29, 1.82) is 0 Å². The fourth-order valence-electron chi connectivity index (χ4n) is 1.57. The SMILES string of the molecule is Nc1cnc(NCC(O)c2ccccc2)c(Br)c1. The summed E-state index contributed by atoms with van der Waals surface area (Å²) in [5.41, 5.74) is 7.07. The van der Waals surface area contributed by atoms with Crippen LogP contribution in [0.5, 0.6) is 0 Å². The van der Waals surface area contributed by atoms with Gasteiger partial charge in [-0.3, -0.25) is 0 Å².